The highest BCUT2D eigenvalue weighted by Crippen LogP contribution is 2.33. The fourth-order valence-electron chi connectivity index (χ4n) is 1.89. The lowest BCUT2D eigenvalue weighted by Gasteiger charge is -2.21. The van der Waals surface area contributed by atoms with Gasteiger partial charge in [-0.05, 0) is 41.2 Å². The Morgan fingerprint density at radius 3 is 2.59 bits per heavy atom. The molecular weight excluding hydrogens is 232 g/mol. The number of nitrogens with zero attached hydrogens (tertiary/aromatic N) is 1. The predicted octanol–water partition coefficient (Wildman–Crippen LogP) is 3.39. The van der Waals surface area contributed by atoms with Gasteiger partial charge in [0.05, 0.1) is 5.69 Å². The standard InChI is InChI=1S/C13H24N2OS/c1-7-14-9(3)11-10(4)15-12(17-11)13(5,6)16-8-2/h9,14H,7-8H2,1-6H3. The minimum absolute atomic E-state index is 0.283. The third-order valence-electron chi connectivity index (χ3n) is 2.76. The van der Waals surface area contributed by atoms with E-state index in [1.54, 1.807) is 11.3 Å². The summed E-state index contributed by atoms with van der Waals surface area (Å²) in [6, 6.07) is 0.365. The van der Waals surface area contributed by atoms with Gasteiger partial charge < -0.3 is 10.1 Å². The van der Waals surface area contributed by atoms with Crippen LogP contribution in [0.15, 0.2) is 0 Å². The van der Waals surface area contributed by atoms with Gasteiger partial charge in [-0.25, -0.2) is 4.98 Å². The van der Waals surface area contributed by atoms with Gasteiger partial charge in [0.1, 0.15) is 10.6 Å². The van der Waals surface area contributed by atoms with Gasteiger partial charge in [-0.3, -0.25) is 0 Å². The molecule has 0 spiro atoms. The number of thiazole rings is 1. The Hall–Kier alpha value is -0.450. The van der Waals surface area contributed by atoms with Crippen molar-refractivity contribution in [3.05, 3.63) is 15.6 Å². The Morgan fingerprint density at radius 1 is 1.41 bits per heavy atom. The van der Waals surface area contributed by atoms with Crippen LogP contribution in [0.2, 0.25) is 0 Å². The summed E-state index contributed by atoms with van der Waals surface area (Å²) in [5, 5.41) is 4.50. The normalized spacial score (nSPS) is 14.0. The smallest absolute Gasteiger partial charge is 0.125 e. The highest BCUT2D eigenvalue weighted by atomic mass is 32.1. The van der Waals surface area contributed by atoms with E-state index in [4.69, 9.17) is 4.74 Å². The lowest BCUT2D eigenvalue weighted by molar-refractivity contribution is -0.0142. The number of hydrogen-bond donors (Lipinski definition) is 1. The summed E-state index contributed by atoms with van der Waals surface area (Å²) >= 11 is 1.76. The largest absolute Gasteiger partial charge is 0.369 e. The van der Waals surface area contributed by atoms with E-state index in [1.165, 1.54) is 4.88 Å². The zero-order chi connectivity index (χ0) is 13.1. The van der Waals surface area contributed by atoms with E-state index in [0.717, 1.165) is 17.2 Å². The van der Waals surface area contributed by atoms with Gasteiger partial charge in [-0.15, -0.1) is 11.3 Å². The third-order valence-corrected chi connectivity index (χ3v) is 4.40. The molecule has 0 fully saturated rings. The highest BCUT2D eigenvalue weighted by molar-refractivity contribution is 7.12. The Morgan fingerprint density at radius 2 is 2.06 bits per heavy atom. The molecule has 98 valence electrons. The maximum atomic E-state index is 5.75. The minimum Gasteiger partial charge on any atom is -0.369 e. The highest BCUT2D eigenvalue weighted by Gasteiger charge is 2.26. The summed E-state index contributed by atoms with van der Waals surface area (Å²) in [6.07, 6.45) is 0. The second-order valence-electron chi connectivity index (χ2n) is 4.69. The van der Waals surface area contributed by atoms with Crippen molar-refractivity contribution in [2.24, 2.45) is 0 Å². The van der Waals surface area contributed by atoms with Gasteiger partial charge >= 0.3 is 0 Å². The lowest BCUT2D eigenvalue weighted by atomic mass is 10.1. The molecule has 0 amide bonds. The van der Waals surface area contributed by atoms with Crippen molar-refractivity contribution in [1.82, 2.24) is 10.3 Å². The maximum Gasteiger partial charge on any atom is 0.125 e. The molecule has 0 aliphatic heterocycles. The van der Waals surface area contributed by atoms with Gasteiger partial charge in [-0.1, -0.05) is 6.92 Å². The first-order chi connectivity index (χ1) is 7.92. The molecule has 1 N–H and O–H groups in total. The monoisotopic (exact) mass is 256 g/mol. The number of nitrogens with one attached hydrogen (secondary N) is 1. The average molecular weight is 256 g/mol. The summed E-state index contributed by atoms with van der Waals surface area (Å²) in [7, 11) is 0. The van der Waals surface area contributed by atoms with Crippen molar-refractivity contribution in [1.29, 1.82) is 0 Å². The molecule has 3 nitrogen and oxygen atoms in total. The molecular formula is C13H24N2OS. The molecule has 0 bridgehead atoms. The van der Waals surface area contributed by atoms with Gasteiger partial charge in [0.2, 0.25) is 0 Å². The zero-order valence-corrected chi connectivity index (χ0v) is 12.6. The van der Waals surface area contributed by atoms with Crippen molar-refractivity contribution in [2.45, 2.75) is 53.2 Å². The Kier molecular flexibility index (Phi) is 5.10. The van der Waals surface area contributed by atoms with Crippen molar-refractivity contribution in [2.75, 3.05) is 13.2 Å². The van der Waals surface area contributed by atoms with E-state index < -0.39 is 0 Å². The van der Waals surface area contributed by atoms with Crippen LogP contribution in [-0.2, 0) is 10.3 Å². The van der Waals surface area contributed by atoms with E-state index >= 15 is 0 Å². The number of rotatable bonds is 6. The summed E-state index contributed by atoms with van der Waals surface area (Å²) in [6.45, 7) is 14.2. The molecule has 0 aromatic carbocycles. The van der Waals surface area contributed by atoms with Crippen molar-refractivity contribution in [3.8, 4) is 0 Å². The van der Waals surface area contributed by atoms with Crippen LogP contribution in [0.1, 0.15) is 56.2 Å². The molecule has 0 saturated carbocycles. The molecule has 0 aliphatic carbocycles. The Balaban J connectivity index is 2.95. The molecule has 1 heterocycles. The molecule has 4 heteroatoms. The van der Waals surface area contributed by atoms with Crippen LogP contribution in [0, 0.1) is 6.92 Å². The first-order valence-electron chi connectivity index (χ1n) is 6.27. The fraction of sp³-hybridized carbons (Fsp3) is 0.769. The van der Waals surface area contributed by atoms with Crippen LogP contribution >= 0.6 is 11.3 Å². The van der Waals surface area contributed by atoms with Gasteiger partial charge in [0, 0.05) is 17.5 Å². The first-order valence-corrected chi connectivity index (χ1v) is 7.09. The van der Waals surface area contributed by atoms with E-state index in [1.807, 2.05) is 6.92 Å². The second kappa shape index (κ2) is 5.94. The third kappa shape index (κ3) is 3.50. The Labute approximate surface area is 109 Å². The molecule has 1 aromatic heterocycles. The fourth-order valence-corrected chi connectivity index (χ4v) is 3.04. The molecule has 17 heavy (non-hydrogen) atoms. The Bertz CT molecular complexity index is 360. The molecule has 1 unspecified atom stereocenters. The maximum absolute atomic E-state index is 5.75. The predicted molar refractivity (Wildman–Crippen MR) is 73.6 cm³/mol. The molecule has 1 rings (SSSR count). The van der Waals surface area contributed by atoms with Gasteiger partial charge in [0.15, 0.2) is 0 Å². The van der Waals surface area contributed by atoms with Crippen LogP contribution in [0.5, 0.6) is 0 Å². The van der Waals surface area contributed by atoms with Crippen molar-refractivity contribution >= 4 is 11.3 Å². The van der Waals surface area contributed by atoms with Crippen LogP contribution in [0.25, 0.3) is 0 Å². The number of ether oxygens (including phenoxy) is 1. The molecule has 0 saturated heterocycles. The SMILES string of the molecule is CCNC(C)c1sc(C(C)(C)OCC)nc1C. The average Bonchev–Trinajstić information content (AvgIpc) is 2.61. The van der Waals surface area contributed by atoms with Crippen LogP contribution < -0.4 is 5.32 Å². The molecule has 0 radical (unpaired) electrons. The van der Waals surface area contributed by atoms with Crippen LogP contribution in [-0.4, -0.2) is 18.1 Å². The molecule has 0 aliphatic rings. The summed E-state index contributed by atoms with van der Waals surface area (Å²) in [5.74, 6) is 0. The van der Waals surface area contributed by atoms with Crippen molar-refractivity contribution < 1.29 is 4.74 Å². The number of aryl methyl sites for hydroxylation is 1. The topological polar surface area (TPSA) is 34.1 Å². The number of hydrogen-bond acceptors (Lipinski definition) is 4. The summed E-state index contributed by atoms with van der Waals surface area (Å²) in [4.78, 5) is 5.97. The summed E-state index contributed by atoms with van der Waals surface area (Å²) in [5.41, 5.74) is 0.834. The zero-order valence-electron chi connectivity index (χ0n) is 11.8. The van der Waals surface area contributed by atoms with E-state index in [9.17, 15) is 0 Å². The molecule has 1 aromatic rings. The van der Waals surface area contributed by atoms with Gasteiger partial charge in [-0.2, -0.15) is 0 Å². The van der Waals surface area contributed by atoms with Crippen LogP contribution in [0.4, 0.5) is 0 Å². The van der Waals surface area contributed by atoms with Crippen molar-refractivity contribution in [3.63, 3.8) is 0 Å². The van der Waals surface area contributed by atoms with E-state index in [2.05, 4.69) is 44.9 Å². The summed E-state index contributed by atoms with van der Waals surface area (Å²) < 4.78 is 5.75. The molecule has 1 atom stereocenters. The van der Waals surface area contributed by atoms with Gasteiger partial charge in [0.25, 0.3) is 0 Å². The van der Waals surface area contributed by atoms with E-state index in [-0.39, 0.29) is 5.60 Å². The first kappa shape index (κ1) is 14.6. The quantitative estimate of drug-likeness (QED) is 0.847. The lowest BCUT2D eigenvalue weighted by Crippen LogP contribution is -2.21. The second-order valence-corrected chi connectivity index (χ2v) is 5.72. The number of aromatic nitrogens is 1. The minimum atomic E-state index is -0.283. The van der Waals surface area contributed by atoms with Crippen LogP contribution in [0.3, 0.4) is 0 Å². The van der Waals surface area contributed by atoms with E-state index in [0.29, 0.717) is 12.6 Å².